The van der Waals surface area contributed by atoms with Crippen molar-refractivity contribution >= 4 is 5.97 Å². The molecule has 0 bridgehead atoms. The third kappa shape index (κ3) is 2.62. The van der Waals surface area contributed by atoms with E-state index in [0.29, 0.717) is 0 Å². The number of hydrogen-bond acceptors (Lipinski definition) is 3. The second-order valence-corrected chi connectivity index (χ2v) is 6.35. The van der Waals surface area contributed by atoms with Gasteiger partial charge in [0.05, 0.1) is 0 Å². The molecule has 2 saturated heterocycles. The van der Waals surface area contributed by atoms with Gasteiger partial charge in [-0.3, -0.25) is 0 Å². The van der Waals surface area contributed by atoms with Gasteiger partial charge in [0.2, 0.25) is 5.60 Å². The van der Waals surface area contributed by atoms with Gasteiger partial charge in [-0.1, -0.05) is 38.5 Å². The summed E-state index contributed by atoms with van der Waals surface area (Å²) in [5, 5.41) is 3.38. The number of rotatable bonds is 0. The number of carbonyl (C=O) groups excluding carboxylic acids is 1. The standard InChI is InChI=1S/C10H12O2.C6H13N/c1-7-5-4-6-9(2,3)10(7)8(11)12-10;1-6-4-2-3-5-7-6/h4-6H,1-3H3;6-7H,2-5H2,1H3. The maximum absolute atomic E-state index is 11.2. The smallest absolute Gasteiger partial charge is 0.357 e. The van der Waals surface area contributed by atoms with Crippen molar-refractivity contribution in [3.63, 3.8) is 0 Å². The number of carbonyl (C=O) groups is 1. The summed E-state index contributed by atoms with van der Waals surface area (Å²) >= 11 is 0. The van der Waals surface area contributed by atoms with E-state index in [-0.39, 0.29) is 11.4 Å². The molecule has 0 saturated carbocycles. The SMILES string of the molecule is CC1=CC=CC(C)(C)C12OC2=O.CC1CCCCN1. The van der Waals surface area contributed by atoms with Crippen molar-refractivity contribution in [3.05, 3.63) is 23.8 Å². The summed E-state index contributed by atoms with van der Waals surface area (Å²) in [4.78, 5) is 11.2. The number of piperidine rings is 1. The van der Waals surface area contributed by atoms with Crippen LogP contribution in [0.3, 0.4) is 0 Å². The third-order valence-electron chi connectivity index (χ3n) is 4.37. The van der Waals surface area contributed by atoms with Gasteiger partial charge in [0.1, 0.15) is 0 Å². The molecule has 0 amide bonds. The number of ether oxygens (including phenoxy) is 1. The van der Waals surface area contributed by atoms with Crippen LogP contribution in [0.25, 0.3) is 0 Å². The highest BCUT2D eigenvalue weighted by Gasteiger charge is 2.68. The second-order valence-electron chi connectivity index (χ2n) is 6.35. The summed E-state index contributed by atoms with van der Waals surface area (Å²) in [7, 11) is 0. The van der Waals surface area contributed by atoms with Crippen LogP contribution >= 0.6 is 0 Å². The Morgan fingerprint density at radius 1 is 1.37 bits per heavy atom. The minimum atomic E-state index is -0.623. The first-order chi connectivity index (χ1) is 8.90. The van der Waals surface area contributed by atoms with E-state index in [0.717, 1.165) is 11.6 Å². The van der Waals surface area contributed by atoms with Crippen LogP contribution in [-0.4, -0.2) is 24.2 Å². The highest BCUT2D eigenvalue weighted by molar-refractivity contribution is 5.98. The average molecular weight is 263 g/mol. The molecule has 19 heavy (non-hydrogen) atoms. The van der Waals surface area contributed by atoms with E-state index in [1.807, 2.05) is 39.0 Å². The Bertz CT molecular complexity index is 416. The fourth-order valence-corrected chi connectivity index (χ4v) is 2.95. The topological polar surface area (TPSA) is 41.6 Å². The molecule has 2 heterocycles. The number of hydrogen-bond donors (Lipinski definition) is 1. The number of nitrogens with one attached hydrogen (secondary N) is 1. The summed E-state index contributed by atoms with van der Waals surface area (Å²) in [6.07, 6.45) is 10.1. The molecule has 1 aliphatic carbocycles. The van der Waals surface area contributed by atoms with Crippen molar-refractivity contribution < 1.29 is 9.53 Å². The van der Waals surface area contributed by atoms with Crippen LogP contribution in [0, 0.1) is 5.41 Å². The summed E-state index contributed by atoms with van der Waals surface area (Å²) in [5.74, 6) is -0.0920. The largest absolute Gasteiger partial charge is 0.438 e. The lowest BCUT2D eigenvalue weighted by Gasteiger charge is -2.28. The molecule has 3 nitrogen and oxygen atoms in total. The third-order valence-corrected chi connectivity index (χ3v) is 4.37. The molecule has 1 N–H and O–H groups in total. The molecule has 0 aromatic carbocycles. The Balaban J connectivity index is 0.000000163. The summed E-state index contributed by atoms with van der Waals surface area (Å²) in [6.45, 7) is 9.46. The Labute approximate surface area is 116 Å². The fourth-order valence-electron chi connectivity index (χ4n) is 2.95. The maximum Gasteiger partial charge on any atom is 0.357 e. The molecule has 106 valence electrons. The van der Waals surface area contributed by atoms with E-state index in [2.05, 4.69) is 12.2 Å². The van der Waals surface area contributed by atoms with Crippen LogP contribution in [-0.2, 0) is 9.53 Å². The van der Waals surface area contributed by atoms with E-state index in [1.165, 1.54) is 25.8 Å². The minimum absolute atomic E-state index is 0.0920. The van der Waals surface area contributed by atoms with Crippen molar-refractivity contribution in [2.24, 2.45) is 5.41 Å². The predicted octanol–water partition coefficient (Wildman–Crippen LogP) is 2.97. The first-order valence-electron chi connectivity index (χ1n) is 7.23. The van der Waals surface area contributed by atoms with Gasteiger partial charge < -0.3 is 10.1 Å². The Morgan fingerprint density at radius 2 is 2.05 bits per heavy atom. The van der Waals surface area contributed by atoms with Crippen LogP contribution < -0.4 is 5.32 Å². The summed E-state index contributed by atoms with van der Waals surface area (Å²) in [5.41, 5.74) is 0.199. The Morgan fingerprint density at radius 3 is 2.37 bits per heavy atom. The highest BCUT2D eigenvalue weighted by atomic mass is 16.7. The molecule has 0 aromatic heterocycles. The normalized spacial score (nSPS) is 35.1. The molecule has 2 unspecified atom stereocenters. The van der Waals surface area contributed by atoms with Crippen LogP contribution in [0.1, 0.15) is 47.0 Å². The van der Waals surface area contributed by atoms with E-state index in [1.54, 1.807) is 0 Å². The van der Waals surface area contributed by atoms with Gasteiger partial charge in [0, 0.05) is 11.5 Å². The lowest BCUT2D eigenvalue weighted by molar-refractivity contribution is -0.117. The van der Waals surface area contributed by atoms with Crippen molar-refractivity contribution in [2.75, 3.05) is 6.54 Å². The lowest BCUT2D eigenvalue weighted by Crippen LogP contribution is -2.35. The van der Waals surface area contributed by atoms with Crippen LogP contribution in [0.4, 0.5) is 0 Å². The van der Waals surface area contributed by atoms with Crippen molar-refractivity contribution in [2.45, 2.75) is 58.6 Å². The molecule has 0 aromatic rings. The molecular formula is C16H25NO2. The predicted molar refractivity (Wildman–Crippen MR) is 76.8 cm³/mol. The zero-order valence-corrected chi connectivity index (χ0v) is 12.5. The first-order valence-corrected chi connectivity index (χ1v) is 7.23. The van der Waals surface area contributed by atoms with Crippen LogP contribution in [0.5, 0.6) is 0 Å². The first kappa shape index (κ1) is 14.3. The molecule has 2 atom stereocenters. The van der Waals surface area contributed by atoms with E-state index >= 15 is 0 Å². The molecule has 3 rings (SSSR count). The Hall–Kier alpha value is -1.09. The highest BCUT2D eigenvalue weighted by Crippen LogP contribution is 2.53. The lowest BCUT2D eigenvalue weighted by atomic mass is 9.72. The van der Waals surface area contributed by atoms with E-state index < -0.39 is 5.60 Å². The summed E-state index contributed by atoms with van der Waals surface area (Å²) in [6, 6.07) is 0.786. The van der Waals surface area contributed by atoms with Gasteiger partial charge in [-0.2, -0.15) is 0 Å². The Kier molecular flexibility index (Phi) is 3.86. The molecule has 3 heteroatoms. The molecule has 2 aliphatic heterocycles. The fraction of sp³-hybridized carbons (Fsp3) is 0.688. The summed E-state index contributed by atoms with van der Waals surface area (Å²) < 4.78 is 5.11. The molecule has 0 radical (unpaired) electrons. The van der Waals surface area contributed by atoms with Gasteiger partial charge in [-0.05, 0) is 38.8 Å². The van der Waals surface area contributed by atoms with Crippen LogP contribution in [0.15, 0.2) is 23.8 Å². The molecule has 1 spiro atoms. The second kappa shape index (κ2) is 5.12. The van der Waals surface area contributed by atoms with Crippen molar-refractivity contribution in [1.82, 2.24) is 5.32 Å². The molecule has 2 fully saturated rings. The van der Waals surface area contributed by atoms with E-state index in [9.17, 15) is 4.79 Å². The minimum Gasteiger partial charge on any atom is -0.438 e. The van der Waals surface area contributed by atoms with Gasteiger partial charge >= 0.3 is 5.97 Å². The van der Waals surface area contributed by atoms with Gasteiger partial charge in [0.15, 0.2) is 0 Å². The van der Waals surface area contributed by atoms with Gasteiger partial charge in [0.25, 0.3) is 0 Å². The zero-order chi connectivity index (χ0) is 14.1. The quantitative estimate of drug-likeness (QED) is 0.683. The van der Waals surface area contributed by atoms with Crippen molar-refractivity contribution in [3.8, 4) is 0 Å². The maximum atomic E-state index is 11.2. The zero-order valence-electron chi connectivity index (χ0n) is 12.5. The van der Waals surface area contributed by atoms with Gasteiger partial charge in [-0.15, -0.1) is 0 Å². The van der Waals surface area contributed by atoms with Gasteiger partial charge in [-0.25, -0.2) is 4.79 Å². The molecule has 3 aliphatic rings. The van der Waals surface area contributed by atoms with Crippen molar-refractivity contribution in [1.29, 1.82) is 0 Å². The monoisotopic (exact) mass is 263 g/mol. The number of allylic oxidation sites excluding steroid dienone is 2. The molecular weight excluding hydrogens is 238 g/mol. The average Bonchev–Trinajstić information content (AvgIpc) is 3.03. The van der Waals surface area contributed by atoms with E-state index in [4.69, 9.17) is 4.74 Å². The number of epoxide rings is 1. The van der Waals surface area contributed by atoms with Crippen LogP contribution in [0.2, 0.25) is 0 Å².